The highest BCUT2D eigenvalue weighted by molar-refractivity contribution is 8.12. The van der Waals surface area contributed by atoms with Crippen molar-refractivity contribution in [2.75, 3.05) is 0 Å². The number of hydrogen-bond acceptors (Lipinski definition) is 2. The van der Waals surface area contributed by atoms with E-state index < -0.39 is 0 Å². The summed E-state index contributed by atoms with van der Waals surface area (Å²) >= 11 is 0.998. The molecule has 1 radical (unpaired) electrons. The van der Waals surface area contributed by atoms with Gasteiger partial charge in [-0.3, -0.25) is 0 Å². The second-order valence-electron chi connectivity index (χ2n) is 4.38. The zero-order chi connectivity index (χ0) is 11.5. The number of nitrogens with zero attached hydrogens (tertiary/aromatic N) is 1. The van der Waals surface area contributed by atoms with E-state index in [1.807, 2.05) is 17.5 Å². The first-order valence-corrected chi connectivity index (χ1v) is 5.56. The Labute approximate surface area is 95.8 Å². The second kappa shape index (κ2) is 4.55. The average molecular weight is 216 g/mol. The van der Waals surface area contributed by atoms with Gasteiger partial charge in [0, 0.05) is 4.91 Å². The van der Waals surface area contributed by atoms with Crippen molar-refractivity contribution < 1.29 is 0 Å². The van der Waals surface area contributed by atoms with E-state index in [-0.39, 0.29) is 5.41 Å². The van der Waals surface area contributed by atoms with Crippen LogP contribution in [0.5, 0.6) is 0 Å². The molecule has 0 aliphatic rings. The van der Waals surface area contributed by atoms with Crippen molar-refractivity contribution in [2.24, 2.45) is 0 Å². The van der Waals surface area contributed by atoms with Crippen LogP contribution >= 0.6 is 11.8 Å². The molecule has 2 heteroatoms. The van der Waals surface area contributed by atoms with Crippen LogP contribution < -0.4 is 0 Å². The molecule has 0 saturated carbocycles. The SMILES string of the molecule is [CH]=C(SC#N)c1ccc(C(C)(C)C)cc1. The maximum Gasteiger partial charge on any atom is 0.138 e. The number of nitriles is 1. The molecule has 15 heavy (non-hydrogen) atoms. The van der Waals surface area contributed by atoms with Crippen molar-refractivity contribution in [1.82, 2.24) is 0 Å². The fraction of sp³-hybridized carbons (Fsp3) is 0.308. The quantitative estimate of drug-likeness (QED) is 0.698. The van der Waals surface area contributed by atoms with Gasteiger partial charge < -0.3 is 0 Å². The first kappa shape index (κ1) is 11.9. The first-order chi connectivity index (χ1) is 6.95. The summed E-state index contributed by atoms with van der Waals surface area (Å²) in [5.41, 5.74) is 2.32. The monoisotopic (exact) mass is 216 g/mol. The van der Waals surface area contributed by atoms with E-state index in [4.69, 9.17) is 11.8 Å². The Balaban J connectivity index is 2.92. The Morgan fingerprint density at radius 3 is 2.20 bits per heavy atom. The van der Waals surface area contributed by atoms with E-state index >= 15 is 0 Å². The van der Waals surface area contributed by atoms with Gasteiger partial charge in [-0.25, -0.2) is 0 Å². The largest absolute Gasteiger partial charge is 0.185 e. The molecule has 0 fully saturated rings. The fourth-order valence-corrected chi connectivity index (χ4v) is 1.59. The lowest BCUT2D eigenvalue weighted by atomic mass is 9.87. The van der Waals surface area contributed by atoms with Crippen LogP contribution in [0.3, 0.4) is 0 Å². The molecule has 0 bridgehead atoms. The Morgan fingerprint density at radius 1 is 1.27 bits per heavy atom. The highest BCUT2D eigenvalue weighted by Gasteiger charge is 2.13. The van der Waals surface area contributed by atoms with Gasteiger partial charge in [-0.15, -0.1) is 0 Å². The third kappa shape index (κ3) is 3.14. The smallest absolute Gasteiger partial charge is 0.138 e. The van der Waals surface area contributed by atoms with E-state index in [9.17, 15) is 0 Å². The third-order valence-corrected chi connectivity index (χ3v) is 2.74. The number of benzene rings is 1. The summed E-state index contributed by atoms with van der Waals surface area (Å²) in [7, 11) is 0. The van der Waals surface area contributed by atoms with Crippen molar-refractivity contribution in [3.05, 3.63) is 42.0 Å². The molecule has 0 saturated heterocycles. The van der Waals surface area contributed by atoms with Crippen molar-refractivity contribution in [3.63, 3.8) is 0 Å². The number of thiocyanates is 1. The third-order valence-electron chi connectivity index (χ3n) is 2.19. The van der Waals surface area contributed by atoms with Crippen molar-refractivity contribution >= 4 is 16.7 Å². The van der Waals surface area contributed by atoms with Gasteiger partial charge in [-0.05, 0) is 34.9 Å². The van der Waals surface area contributed by atoms with Gasteiger partial charge in [0.2, 0.25) is 0 Å². The van der Waals surface area contributed by atoms with Crippen LogP contribution in [-0.4, -0.2) is 0 Å². The maximum absolute atomic E-state index is 8.49. The molecule has 0 aliphatic carbocycles. The molecule has 1 aromatic carbocycles. The lowest BCUT2D eigenvalue weighted by Crippen LogP contribution is -2.10. The van der Waals surface area contributed by atoms with Crippen LogP contribution in [0.4, 0.5) is 0 Å². The van der Waals surface area contributed by atoms with E-state index in [2.05, 4.69) is 32.9 Å². The summed E-state index contributed by atoms with van der Waals surface area (Å²) < 4.78 is 0. The van der Waals surface area contributed by atoms with Crippen molar-refractivity contribution in [1.29, 1.82) is 5.26 Å². The molecule has 0 aliphatic heterocycles. The fourth-order valence-electron chi connectivity index (χ4n) is 1.24. The van der Waals surface area contributed by atoms with E-state index in [1.165, 1.54) is 5.56 Å². The van der Waals surface area contributed by atoms with Gasteiger partial charge in [0.25, 0.3) is 0 Å². The summed E-state index contributed by atoms with van der Waals surface area (Å²) in [5.74, 6) is 0. The molecule has 1 rings (SSSR count). The molecule has 1 nitrogen and oxygen atoms in total. The Morgan fingerprint density at radius 2 is 1.80 bits per heavy atom. The minimum atomic E-state index is 0.148. The molecule has 0 aromatic heterocycles. The Bertz CT molecular complexity index is 390. The Kier molecular flexibility index (Phi) is 3.60. The van der Waals surface area contributed by atoms with Crippen LogP contribution in [0.25, 0.3) is 4.91 Å². The minimum Gasteiger partial charge on any atom is -0.185 e. The molecule has 0 spiro atoms. The van der Waals surface area contributed by atoms with Crippen LogP contribution in [0.1, 0.15) is 31.9 Å². The van der Waals surface area contributed by atoms with Gasteiger partial charge in [0.1, 0.15) is 5.40 Å². The first-order valence-electron chi connectivity index (χ1n) is 4.74. The van der Waals surface area contributed by atoms with Crippen molar-refractivity contribution in [2.45, 2.75) is 26.2 Å². The van der Waals surface area contributed by atoms with Crippen LogP contribution in [-0.2, 0) is 5.41 Å². The highest BCUT2D eigenvalue weighted by atomic mass is 32.2. The molecule has 0 atom stereocenters. The van der Waals surface area contributed by atoms with Crippen molar-refractivity contribution in [3.8, 4) is 5.40 Å². The van der Waals surface area contributed by atoms with Crippen LogP contribution in [0.2, 0.25) is 0 Å². The average Bonchev–Trinajstić information content (AvgIpc) is 2.17. The summed E-state index contributed by atoms with van der Waals surface area (Å²) in [6.45, 7) is 12.2. The standard InChI is InChI=1S/C13H14NS/c1-10(15-9-14)11-5-7-12(8-6-11)13(2,3)4/h1,5-8H,2-4H3. The van der Waals surface area contributed by atoms with Crippen LogP contribution in [0, 0.1) is 17.2 Å². The van der Waals surface area contributed by atoms with Gasteiger partial charge in [0.05, 0.1) is 0 Å². The lowest BCUT2D eigenvalue weighted by molar-refractivity contribution is 0.590. The highest BCUT2D eigenvalue weighted by Crippen LogP contribution is 2.27. The number of rotatable bonds is 2. The number of thioether (sulfide) groups is 1. The molecule has 1 aromatic rings. The van der Waals surface area contributed by atoms with E-state index in [1.54, 1.807) is 0 Å². The predicted octanol–water partition coefficient (Wildman–Crippen LogP) is 3.97. The lowest BCUT2D eigenvalue weighted by Gasteiger charge is -2.19. The summed E-state index contributed by atoms with van der Waals surface area (Å²) in [5, 5.41) is 10.5. The van der Waals surface area contributed by atoms with E-state index in [0.29, 0.717) is 4.91 Å². The van der Waals surface area contributed by atoms with E-state index in [0.717, 1.165) is 17.3 Å². The molecular weight excluding hydrogens is 202 g/mol. The molecule has 0 unspecified atom stereocenters. The minimum absolute atomic E-state index is 0.148. The molecular formula is C13H14NS. The summed E-state index contributed by atoms with van der Waals surface area (Å²) in [6, 6.07) is 8.03. The second-order valence-corrected chi connectivity index (χ2v) is 5.21. The Hall–Kier alpha value is -1.20. The molecule has 0 amide bonds. The van der Waals surface area contributed by atoms with Crippen LogP contribution in [0.15, 0.2) is 24.3 Å². The van der Waals surface area contributed by atoms with Gasteiger partial charge in [-0.1, -0.05) is 45.0 Å². The molecule has 77 valence electrons. The summed E-state index contributed by atoms with van der Waals surface area (Å²) in [4.78, 5) is 0.554. The van der Waals surface area contributed by atoms with Gasteiger partial charge >= 0.3 is 0 Å². The summed E-state index contributed by atoms with van der Waals surface area (Å²) in [6.07, 6.45) is 0. The topological polar surface area (TPSA) is 23.8 Å². The normalized spacial score (nSPS) is 10.8. The number of hydrogen-bond donors (Lipinski definition) is 0. The molecule has 0 heterocycles. The predicted molar refractivity (Wildman–Crippen MR) is 66.1 cm³/mol. The molecule has 0 N–H and O–H groups in total. The zero-order valence-corrected chi connectivity index (χ0v) is 10.1. The van der Waals surface area contributed by atoms with Gasteiger partial charge in [-0.2, -0.15) is 5.26 Å². The zero-order valence-electron chi connectivity index (χ0n) is 9.24. The maximum atomic E-state index is 8.49. The van der Waals surface area contributed by atoms with Gasteiger partial charge in [0.15, 0.2) is 0 Å².